The molecule has 0 fully saturated rings. The number of hydrogen-bond donors (Lipinski definition) is 0. The lowest BCUT2D eigenvalue weighted by Crippen LogP contribution is -2.27. The van der Waals surface area contributed by atoms with Crippen LogP contribution in [-0.4, -0.2) is 61.8 Å². The number of rotatable bonds is 10. The van der Waals surface area contributed by atoms with E-state index in [1.165, 1.54) is 20.2 Å². The first-order chi connectivity index (χ1) is 18.6. The molecule has 216 valence electrons. The molecule has 10 nitrogen and oxygen atoms in total. The maximum Gasteiger partial charge on any atom is 0.433 e. The number of halogens is 3. The van der Waals surface area contributed by atoms with Gasteiger partial charge in [-0.25, -0.2) is 17.8 Å². The minimum Gasteiger partial charge on any atom is -0.495 e. The van der Waals surface area contributed by atoms with Crippen LogP contribution < -0.4 is 9.04 Å². The van der Waals surface area contributed by atoms with Gasteiger partial charge in [-0.05, 0) is 37.2 Å². The van der Waals surface area contributed by atoms with Crippen molar-refractivity contribution in [2.75, 3.05) is 25.1 Å². The fourth-order valence-electron chi connectivity index (χ4n) is 4.10. The fourth-order valence-corrected chi connectivity index (χ4v) is 6.01. The van der Waals surface area contributed by atoms with E-state index in [0.717, 1.165) is 39.7 Å². The molecular formula is C25H31F3N6O4SSi. The van der Waals surface area contributed by atoms with Crippen LogP contribution in [0.4, 0.5) is 18.9 Å². The number of ether oxygens (including phenoxy) is 2. The number of alkyl halides is 3. The van der Waals surface area contributed by atoms with E-state index in [0.29, 0.717) is 29.0 Å². The van der Waals surface area contributed by atoms with Crippen molar-refractivity contribution in [2.45, 2.75) is 50.4 Å². The predicted molar refractivity (Wildman–Crippen MR) is 147 cm³/mol. The van der Waals surface area contributed by atoms with E-state index in [9.17, 15) is 21.6 Å². The smallest absolute Gasteiger partial charge is 0.433 e. The molecule has 0 saturated carbocycles. The van der Waals surface area contributed by atoms with Gasteiger partial charge in [0.25, 0.3) is 10.0 Å². The quantitative estimate of drug-likeness (QED) is 0.186. The summed E-state index contributed by atoms with van der Waals surface area (Å²) < 4.78 is 82.0. The molecule has 0 atom stereocenters. The van der Waals surface area contributed by atoms with Gasteiger partial charge in [0.2, 0.25) is 0 Å². The highest BCUT2D eigenvalue weighted by Crippen LogP contribution is 2.40. The van der Waals surface area contributed by atoms with Crippen LogP contribution >= 0.6 is 0 Å². The zero-order chi connectivity index (χ0) is 29.5. The van der Waals surface area contributed by atoms with Crippen LogP contribution in [0, 0.1) is 6.92 Å². The molecule has 0 saturated heterocycles. The first-order valence-corrected chi connectivity index (χ1v) is 17.5. The van der Waals surface area contributed by atoms with Crippen molar-refractivity contribution in [1.82, 2.24) is 24.5 Å². The Bertz CT molecular complexity index is 1630. The van der Waals surface area contributed by atoms with Gasteiger partial charge in [0.15, 0.2) is 0 Å². The van der Waals surface area contributed by atoms with Gasteiger partial charge in [0, 0.05) is 27.9 Å². The molecule has 3 heterocycles. The number of aromatic nitrogens is 5. The molecule has 3 aromatic heterocycles. The second-order valence-corrected chi connectivity index (χ2v) is 18.0. The predicted octanol–water partition coefficient (Wildman–Crippen LogP) is 5.09. The Hall–Kier alpha value is -3.43. The number of anilines is 1. The Morgan fingerprint density at radius 1 is 1.15 bits per heavy atom. The third-order valence-corrected chi connectivity index (χ3v) is 9.70. The minimum absolute atomic E-state index is 0.0114. The third kappa shape index (κ3) is 6.00. The zero-order valence-electron chi connectivity index (χ0n) is 23.0. The second-order valence-electron chi connectivity index (χ2n) is 10.4. The summed E-state index contributed by atoms with van der Waals surface area (Å²) in [5.74, 6) is 0.303. The third-order valence-electron chi connectivity index (χ3n) is 6.29. The molecule has 0 aliphatic rings. The van der Waals surface area contributed by atoms with E-state index >= 15 is 0 Å². The standard InChI is InChI=1S/C25H31F3N6O4SSi/c1-17-23-20(34(31-17)16-38-11-12-40(4,5)6)7-8-21(37-3)24(23)32(2)39(35,36)19-14-30-33(15-19)18-9-10-29-22(13-18)25(26,27)28/h7-10,13-15H,11-12,16H2,1-6H3. The summed E-state index contributed by atoms with van der Waals surface area (Å²) in [5.41, 5.74) is 0.400. The number of sulfonamides is 1. The van der Waals surface area contributed by atoms with Crippen molar-refractivity contribution in [1.29, 1.82) is 0 Å². The highest BCUT2D eigenvalue weighted by molar-refractivity contribution is 7.92. The highest BCUT2D eigenvalue weighted by atomic mass is 32.2. The lowest BCUT2D eigenvalue weighted by Gasteiger charge is -2.22. The zero-order valence-corrected chi connectivity index (χ0v) is 24.8. The molecule has 0 aliphatic heterocycles. The molecule has 4 aromatic rings. The molecule has 0 bridgehead atoms. The summed E-state index contributed by atoms with van der Waals surface area (Å²) in [6.07, 6.45) is -1.44. The van der Waals surface area contributed by atoms with Gasteiger partial charge in [-0.1, -0.05) is 19.6 Å². The monoisotopic (exact) mass is 596 g/mol. The van der Waals surface area contributed by atoms with Gasteiger partial charge >= 0.3 is 6.18 Å². The van der Waals surface area contributed by atoms with Crippen molar-refractivity contribution in [3.63, 3.8) is 0 Å². The molecule has 40 heavy (non-hydrogen) atoms. The first kappa shape index (κ1) is 29.5. The van der Waals surface area contributed by atoms with Crippen LogP contribution in [-0.2, 0) is 27.7 Å². The number of hydrogen-bond acceptors (Lipinski definition) is 7. The normalized spacial score (nSPS) is 12.7. The summed E-state index contributed by atoms with van der Waals surface area (Å²) in [6.45, 7) is 9.36. The van der Waals surface area contributed by atoms with Crippen molar-refractivity contribution >= 4 is 34.7 Å². The molecule has 0 aliphatic carbocycles. The molecular weight excluding hydrogens is 565 g/mol. The summed E-state index contributed by atoms with van der Waals surface area (Å²) in [4.78, 5) is 3.11. The molecule has 0 amide bonds. The van der Waals surface area contributed by atoms with Crippen LogP contribution in [0.25, 0.3) is 16.6 Å². The Kier molecular flexibility index (Phi) is 8.02. The van der Waals surface area contributed by atoms with Crippen molar-refractivity contribution in [3.8, 4) is 11.4 Å². The summed E-state index contributed by atoms with van der Waals surface area (Å²) in [5, 5.41) is 9.14. The van der Waals surface area contributed by atoms with E-state index in [4.69, 9.17) is 9.47 Å². The molecule has 4 rings (SSSR count). The fraction of sp³-hybridized carbons (Fsp3) is 0.400. The van der Waals surface area contributed by atoms with E-state index < -0.39 is 30.0 Å². The SMILES string of the molecule is COc1ccc2c(c(C)nn2COCC[Si](C)(C)C)c1N(C)S(=O)(=O)c1cnn(-c2ccnc(C(F)(F)F)c2)c1. The van der Waals surface area contributed by atoms with Gasteiger partial charge in [-0.15, -0.1) is 0 Å². The van der Waals surface area contributed by atoms with Crippen molar-refractivity contribution in [2.24, 2.45) is 0 Å². The number of aryl methyl sites for hydroxylation is 1. The van der Waals surface area contributed by atoms with E-state index in [1.807, 2.05) is 0 Å². The van der Waals surface area contributed by atoms with Crippen LogP contribution in [0.1, 0.15) is 11.4 Å². The number of fused-ring (bicyclic) bond motifs is 1. The van der Waals surface area contributed by atoms with Crippen molar-refractivity contribution in [3.05, 3.63) is 54.2 Å². The van der Waals surface area contributed by atoms with Crippen LogP contribution in [0.2, 0.25) is 25.7 Å². The molecule has 0 radical (unpaired) electrons. The second kappa shape index (κ2) is 10.9. The number of nitrogens with zero attached hydrogens (tertiary/aromatic N) is 6. The molecule has 0 spiro atoms. The lowest BCUT2D eigenvalue weighted by atomic mass is 10.1. The van der Waals surface area contributed by atoms with Gasteiger partial charge in [-0.3, -0.25) is 9.29 Å². The maximum atomic E-state index is 13.7. The van der Waals surface area contributed by atoms with Gasteiger partial charge < -0.3 is 9.47 Å². The van der Waals surface area contributed by atoms with E-state index in [1.54, 1.807) is 23.7 Å². The Balaban J connectivity index is 1.69. The Morgan fingerprint density at radius 3 is 2.52 bits per heavy atom. The van der Waals surface area contributed by atoms with Crippen LogP contribution in [0.15, 0.2) is 47.8 Å². The summed E-state index contributed by atoms with van der Waals surface area (Å²) in [6, 6.07) is 6.54. The average Bonchev–Trinajstić information content (AvgIpc) is 3.50. The van der Waals surface area contributed by atoms with E-state index in [2.05, 4.69) is 34.8 Å². The van der Waals surface area contributed by atoms with E-state index in [-0.39, 0.29) is 23.0 Å². The Morgan fingerprint density at radius 2 is 1.88 bits per heavy atom. The maximum absolute atomic E-state index is 13.7. The molecule has 15 heteroatoms. The number of methoxy groups -OCH3 is 1. The Labute approximate surface area is 231 Å². The molecule has 1 aromatic carbocycles. The number of benzene rings is 1. The van der Waals surface area contributed by atoms with Crippen LogP contribution in [0.5, 0.6) is 5.75 Å². The summed E-state index contributed by atoms with van der Waals surface area (Å²) in [7, 11) is -2.68. The minimum atomic E-state index is -4.66. The topological polar surface area (TPSA) is 104 Å². The average molecular weight is 597 g/mol. The summed E-state index contributed by atoms with van der Waals surface area (Å²) >= 11 is 0. The molecule has 0 unspecified atom stereocenters. The largest absolute Gasteiger partial charge is 0.495 e. The number of pyridine rings is 1. The molecule has 0 N–H and O–H groups in total. The van der Waals surface area contributed by atoms with Gasteiger partial charge in [-0.2, -0.15) is 23.4 Å². The lowest BCUT2D eigenvalue weighted by molar-refractivity contribution is -0.141. The highest BCUT2D eigenvalue weighted by Gasteiger charge is 2.33. The van der Waals surface area contributed by atoms with Crippen LogP contribution in [0.3, 0.4) is 0 Å². The van der Waals surface area contributed by atoms with Crippen molar-refractivity contribution < 1.29 is 31.1 Å². The van der Waals surface area contributed by atoms with Gasteiger partial charge in [0.1, 0.15) is 28.8 Å². The first-order valence-electron chi connectivity index (χ1n) is 12.3. The van der Waals surface area contributed by atoms with Gasteiger partial charge in [0.05, 0.1) is 41.8 Å².